The van der Waals surface area contributed by atoms with Crippen molar-refractivity contribution in [2.24, 2.45) is 0 Å². The number of ether oxygens (including phenoxy) is 3. The smallest absolute Gasteiger partial charge is 0.168 e. The van der Waals surface area contributed by atoms with Gasteiger partial charge in [-0.3, -0.25) is 0 Å². The van der Waals surface area contributed by atoms with Crippen LogP contribution < -0.4 is 14.8 Å². The predicted molar refractivity (Wildman–Crippen MR) is 124 cm³/mol. The molecule has 5 rings (SSSR count). The van der Waals surface area contributed by atoms with Gasteiger partial charge < -0.3 is 19.5 Å². The largest absolute Gasteiger partial charge is 0.493 e. The molecule has 0 spiro atoms. The Kier molecular flexibility index (Phi) is 5.48. The molecule has 4 aromatic rings. The zero-order chi connectivity index (χ0) is 22.3. The predicted octanol–water partition coefficient (Wildman–Crippen LogP) is 3.54. The van der Waals surface area contributed by atoms with E-state index in [-0.39, 0.29) is 5.60 Å². The number of hydrogen-bond acceptors (Lipinski definition) is 8. The number of fused-ring (bicyclic) bond motifs is 5. The van der Waals surface area contributed by atoms with E-state index in [4.69, 9.17) is 19.2 Å². The van der Waals surface area contributed by atoms with Crippen molar-refractivity contribution in [1.82, 2.24) is 24.9 Å². The van der Waals surface area contributed by atoms with Crippen LogP contribution in [0.2, 0.25) is 0 Å². The molecule has 0 aliphatic carbocycles. The van der Waals surface area contributed by atoms with Gasteiger partial charge in [-0.15, -0.1) is 16.4 Å². The minimum absolute atomic E-state index is 0.178. The fourth-order valence-corrected chi connectivity index (χ4v) is 5.20. The Bertz CT molecular complexity index is 1280. The molecule has 9 heteroatoms. The first-order valence-electron chi connectivity index (χ1n) is 10.7. The lowest BCUT2D eigenvalue weighted by Gasteiger charge is -2.30. The van der Waals surface area contributed by atoms with Crippen molar-refractivity contribution in [2.75, 3.05) is 20.8 Å². The van der Waals surface area contributed by atoms with Crippen LogP contribution >= 0.6 is 11.3 Å². The van der Waals surface area contributed by atoms with Crippen LogP contribution in [0.5, 0.6) is 11.5 Å². The molecule has 3 aromatic heterocycles. The van der Waals surface area contributed by atoms with Crippen molar-refractivity contribution in [3.05, 3.63) is 46.4 Å². The van der Waals surface area contributed by atoms with Crippen LogP contribution in [0, 0.1) is 0 Å². The summed E-state index contributed by atoms with van der Waals surface area (Å²) in [6, 6.07) is 6.00. The van der Waals surface area contributed by atoms with E-state index in [2.05, 4.69) is 35.3 Å². The Morgan fingerprint density at radius 1 is 1.22 bits per heavy atom. The number of nitrogens with one attached hydrogen (secondary N) is 1. The van der Waals surface area contributed by atoms with Crippen LogP contribution in [0.3, 0.4) is 0 Å². The first kappa shape index (κ1) is 21.1. The SMILES string of the molecule is COc1ccc(CCNCc2nc3c4c5c(sc4ncn3n2)COC(C)(C)C5)cc1OC. The van der Waals surface area contributed by atoms with E-state index < -0.39 is 0 Å². The summed E-state index contributed by atoms with van der Waals surface area (Å²) in [6.07, 6.45) is 3.48. The third-order valence-corrected chi connectivity index (χ3v) is 6.89. The molecule has 0 radical (unpaired) electrons. The van der Waals surface area contributed by atoms with E-state index in [9.17, 15) is 0 Å². The summed E-state index contributed by atoms with van der Waals surface area (Å²) in [4.78, 5) is 11.7. The second-order valence-corrected chi connectivity index (χ2v) is 9.65. The van der Waals surface area contributed by atoms with E-state index >= 15 is 0 Å². The van der Waals surface area contributed by atoms with Gasteiger partial charge in [-0.05, 0) is 50.1 Å². The van der Waals surface area contributed by atoms with Crippen LogP contribution in [-0.4, -0.2) is 45.9 Å². The van der Waals surface area contributed by atoms with Gasteiger partial charge in [0.25, 0.3) is 0 Å². The Hall–Kier alpha value is -2.75. The van der Waals surface area contributed by atoms with Gasteiger partial charge in [0, 0.05) is 11.3 Å². The van der Waals surface area contributed by atoms with Gasteiger partial charge in [0.1, 0.15) is 11.2 Å². The molecule has 1 aromatic carbocycles. The summed E-state index contributed by atoms with van der Waals surface area (Å²) in [5.74, 6) is 2.25. The highest BCUT2D eigenvalue weighted by Crippen LogP contribution is 2.39. The third-order valence-electron chi connectivity index (χ3n) is 5.77. The van der Waals surface area contributed by atoms with Gasteiger partial charge in [-0.25, -0.2) is 14.5 Å². The molecule has 32 heavy (non-hydrogen) atoms. The molecule has 0 bridgehead atoms. The molecule has 0 amide bonds. The fourth-order valence-electron chi connectivity index (χ4n) is 4.13. The zero-order valence-electron chi connectivity index (χ0n) is 18.8. The molecule has 0 fully saturated rings. The van der Waals surface area contributed by atoms with Crippen molar-refractivity contribution in [3.63, 3.8) is 0 Å². The average molecular weight is 454 g/mol. The maximum absolute atomic E-state index is 5.98. The van der Waals surface area contributed by atoms with E-state index in [0.717, 1.165) is 52.6 Å². The molecular formula is C23H27N5O3S. The summed E-state index contributed by atoms with van der Waals surface area (Å²) >= 11 is 1.70. The topological polar surface area (TPSA) is 82.8 Å². The molecule has 0 atom stereocenters. The summed E-state index contributed by atoms with van der Waals surface area (Å²) < 4.78 is 18.5. The van der Waals surface area contributed by atoms with Gasteiger partial charge in [0.2, 0.25) is 0 Å². The van der Waals surface area contributed by atoms with Crippen molar-refractivity contribution >= 4 is 27.2 Å². The number of aromatic nitrogens is 4. The van der Waals surface area contributed by atoms with Crippen LogP contribution in [0.4, 0.5) is 0 Å². The van der Waals surface area contributed by atoms with Gasteiger partial charge in [-0.1, -0.05) is 6.07 Å². The molecular weight excluding hydrogens is 426 g/mol. The normalized spacial score (nSPS) is 15.2. The molecule has 8 nitrogen and oxygen atoms in total. The minimum Gasteiger partial charge on any atom is -0.493 e. The number of benzene rings is 1. The van der Waals surface area contributed by atoms with Gasteiger partial charge in [0.05, 0.1) is 38.4 Å². The quantitative estimate of drug-likeness (QED) is 0.429. The maximum atomic E-state index is 5.98. The monoisotopic (exact) mass is 453 g/mol. The average Bonchev–Trinajstić information content (AvgIpc) is 3.36. The zero-order valence-corrected chi connectivity index (χ0v) is 19.6. The van der Waals surface area contributed by atoms with Gasteiger partial charge >= 0.3 is 0 Å². The minimum atomic E-state index is -0.178. The Labute approximate surface area is 190 Å². The number of thiophene rings is 1. The number of hydrogen-bond donors (Lipinski definition) is 1. The van der Waals surface area contributed by atoms with Crippen molar-refractivity contribution in [3.8, 4) is 11.5 Å². The molecule has 0 saturated carbocycles. The Balaban J connectivity index is 1.30. The van der Waals surface area contributed by atoms with Crippen LogP contribution in [0.25, 0.3) is 15.9 Å². The molecule has 1 aliphatic heterocycles. The Morgan fingerprint density at radius 3 is 2.88 bits per heavy atom. The van der Waals surface area contributed by atoms with E-state index in [1.807, 2.05) is 12.1 Å². The number of nitrogens with zero attached hydrogens (tertiary/aromatic N) is 4. The highest BCUT2D eigenvalue weighted by molar-refractivity contribution is 7.19. The van der Waals surface area contributed by atoms with Crippen LogP contribution in [-0.2, 0) is 30.7 Å². The van der Waals surface area contributed by atoms with Crippen molar-refractivity contribution < 1.29 is 14.2 Å². The van der Waals surface area contributed by atoms with Crippen molar-refractivity contribution in [1.29, 1.82) is 0 Å². The second-order valence-electron chi connectivity index (χ2n) is 8.57. The highest BCUT2D eigenvalue weighted by atomic mass is 32.1. The summed E-state index contributed by atoms with van der Waals surface area (Å²) in [7, 11) is 3.30. The summed E-state index contributed by atoms with van der Waals surface area (Å²) in [5.41, 5.74) is 3.18. The van der Waals surface area contributed by atoms with E-state index in [1.165, 1.54) is 16.0 Å². The summed E-state index contributed by atoms with van der Waals surface area (Å²) in [6.45, 7) is 6.29. The summed E-state index contributed by atoms with van der Waals surface area (Å²) in [5, 5.41) is 9.20. The molecule has 1 N–H and O–H groups in total. The third kappa shape index (κ3) is 3.92. The molecule has 0 unspecified atom stereocenters. The van der Waals surface area contributed by atoms with E-state index in [0.29, 0.717) is 13.2 Å². The molecule has 0 saturated heterocycles. The highest BCUT2D eigenvalue weighted by Gasteiger charge is 2.30. The van der Waals surface area contributed by atoms with Gasteiger partial charge in [0.15, 0.2) is 23.0 Å². The lowest BCUT2D eigenvalue weighted by atomic mass is 9.94. The first-order chi connectivity index (χ1) is 15.5. The molecule has 168 valence electrons. The Morgan fingerprint density at radius 2 is 2.06 bits per heavy atom. The first-order valence-corrected chi connectivity index (χ1v) is 11.5. The lowest BCUT2D eigenvalue weighted by molar-refractivity contribution is -0.0379. The van der Waals surface area contributed by atoms with Crippen LogP contribution in [0.1, 0.15) is 35.7 Å². The lowest BCUT2D eigenvalue weighted by Crippen LogP contribution is -2.31. The fraction of sp³-hybridized carbons (Fsp3) is 0.435. The van der Waals surface area contributed by atoms with E-state index in [1.54, 1.807) is 36.4 Å². The number of rotatable bonds is 7. The van der Waals surface area contributed by atoms with Crippen LogP contribution in [0.15, 0.2) is 24.5 Å². The second kappa shape index (κ2) is 8.31. The maximum Gasteiger partial charge on any atom is 0.168 e. The molecule has 4 heterocycles. The standard InChI is InChI=1S/C23H27N5O3S/c1-23(2)10-15-18(12-31-23)32-22-20(15)21-26-19(27-28(21)13-25-22)11-24-8-7-14-5-6-16(29-3)17(9-14)30-4/h5-6,9,13,24H,7-8,10-12H2,1-4H3. The molecule has 1 aliphatic rings. The van der Waals surface area contributed by atoms with Crippen molar-refractivity contribution in [2.45, 2.75) is 45.4 Å². The van der Waals surface area contributed by atoms with Gasteiger partial charge in [-0.2, -0.15) is 0 Å². The number of methoxy groups -OCH3 is 2.